The number of methoxy groups -OCH3 is 2. The summed E-state index contributed by atoms with van der Waals surface area (Å²) < 4.78 is 73.8. The van der Waals surface area contributed by atoms with Crippen molar-refractivity contribution in [3.63, 3.8) is 0 Å². The van der Waals surface area contributed by atoms with Crippen LogP contribution in [0.2, 0.25) is 0 Å². The lowest BCUT2D eigenvalue weighted by molar-refractivity contribution is -0.139. The summed E-state index contributed by atoms with van der Waals surface area (Å²) >= 11 is 0. The van der Waals surface area contributed by atoms with Crippen LogP contribution in [0.25, 0.3) is 0 Å². The van der Waals surface area contributed by atoms with E-state index in [9.17, 15) is 27.9 Å². The number of carboxylic acids is 1. The standard InChI is InChI=1S/C31H38F4N2O6/c1-5-30(10-11-30)20-12-23(31(33,34)35)27(36-15-20)43-26-13-22(29(39)40)25(14-24(26)32)37(21(16-41-3)17-42-4)28(38)19-8-6-18(2)7-9-19/h12-15,18-19,21H,5-11,16-17H2,1-4H3,(H,39,40). The van der Waals surface area contributed by atoms with Crippen molar-refractivity contribution in [1.82, 2.24) is 4.98 Å². The van der Waals surface area contributed by atoms with Gasteiger partial charge in [-0.3, -0.25) is 4.79 Å². The minimum Gasteiger partial charge on any atom is -0.478 e. The predicted molar refractivity (Wildman–Crippen MR) is 150 cm³/mol. The zero-order valence-corrected chi connectivity index (χ0v) is 24.8. The van der Waals surface area contributed by atoms with Crippen LogP contribution < -0.4 is 9.64 Å². The van der Waals surface area contributed by atoms with E-state index in [0.717, 1.165) is 43.9 Å². The Labute approximate surface area is 248 Å². The molecule has 2 aliphatic rings. The molecule has 4 rings (SSSR count). The fourth-order valence-corrected chi connectivity index (χ4v) is 5.90. The van der Waals surface area contributed by atoms with Gasteiger partial charge in [-0.05, 0) is 67.9 Å². The number of rotatable bonds is 12. The number of carbonyl (C=O) groups excluding carboxylic acids is 1. The lowest BCUT2D eigenvalue weighted by atomic mass is 9.82. The van der Waals surface area contributed by atoms with Crippen molar-refractivity contribution >= 4 is 17.6 Å². The highest BCUT2D eigenvalue weighted by molar-refractivity contribution is 6.03. The number of amides is 1. The van der Waals surface area contributed by atoms with Gasteiger partial charge in [0.2, 0.25) is 11.8 Å². The maximum Gasteiger partial charge on any atom is 0.421 e. The van der Waals surface area contributed by atoms with Crippen LogP contribution in [0.15, 0.2) is 24.4 Å². The average Bonchev–Trinajstić information content (AvgIpc) is 3.76. The number of hydrogen-bond donors (Lipinski definition) is 1. The first kappa shape index (κ1) is 32.7. The Bertz CT molecular complexity index is 1320. The highest BCUT2D eigenvalue weighted by Gasteiger charge is 2.45. The van der Waals surface area contributed by atoms with Crippen molar-refractivity contribution in [2.24, 2.45) is 11.8 Å². The van der Waals surface area contributed by atoms with Crippen molar-refractivity contribution in [3.05, 3.63) is 46.9 Å². The molecule has 12 heteroatoms. The van der Waals surface area contributed by atoms with E-state index in [1.807, 2.05) is 6.92 Å². The highest BCUT2D eigenvalue weighted by Crippen LogP contribution is 2.52. The Hall–Kier alpha value is -3.25. The maximum absolute atomic E-state index is 15.7. The van der Waals surface area contributed by atoms with E-state index in [2.05, 4.69) is 11.9 Å². The summed E-state index contributed by atoms with van der Waals surface area (Å²) in [5.74, 6) is -4.73. The second kappa shape index (κ2) is 13.2. The van der Waals surface area contributed by atoms with Crippen LogP contribution >= 0.6 is 0 Å². The third kappa shape index (κ3) is 7.12. The van der Waals surface area contributed by atoms with Gasteiger partial charge in [-0.25, -0.2) is 14.2 Å². The van der Waals surface area contributed by atoms with Crippen molar-refractivity contribution in [2.45, 2.75) is 76.4 Å². The number of halogens is 4. The molecule has 0 unspecified atom stereocenters. The molecule has 236 valence electrons. The van der Waals surface area contributed by atoms with E-state index < -0.39 is 58.6 Å². The Morgan fingerprint density at radius 2 is 1.72 bits per heavy atom. The Morgan fingerprint density at radius 3 is 2.23 bits per heavy atom. The number of alkyl halides is 3. The molecule has 1 heterocycles. The molecule has 0 bridgehead atoms. The van der Waals surface area contributed by atoms with Crippen LogP contribution in [0.5, 0.6) is 11.6 Å². The first-order chi connectivity index (χ1) is 20.3. The molecule has 0 saturated heterocycles. The number of aromatic nitrogens is 1. The van der Waals surface area contributed by atoms with Crippen LogP contribution in [-0.4, -0.2) is 55.4 Å². The fraction of sp³-hybridized carbons (Fsp3) is 0.581. The minimum atomic E-state index is -4.86. The van der Waals surface area contributed by atoms with Crippen LogP contribution in [-0.2, 0) is 25.9 Å². The van der Waals surface area contributed by atoms with Crippen LogP contribution in [0.4, 0.5) is 23.2 Å². The number of aromatic carboxylic acids is 1. The number of hydrogen-bond acceptors (Lipinski definition) is 6. The van der Waals surface area contributed by atoms with E-state index in [-0.39, 0.29) is 24.3 Å². The first-order valence-electron chi connectivity index (χ1n) is 14.5. The van der Waals surface area contributed by atoms with Gasteiger partial charge in [0.25, 0.3) is 0 Å². The van der Waals surface area contributed by atoms with Crippen LogP contribution in [0.3, 0.4) is 0 Å². The second-order valence-corrected chi connectivity index (χ2v) is 11.6. The predicted octanol–water partition coefficient (Wildman–Crippen LogP) is 6.99. The fourth-order valence-electron chi connectivity index (χ4n) is 5.90. The largest absolute Gasteiger partial charge is 0.478 e. The van der Waals surface area contributed by atoms with Crippen molar-refractivity contribution < 1.29 is 46.5 Å². The summed E-state index contributed by atoms with van der Waals surface area (Å²) in [5, 5.41) is 10.1. The molecule has 0 atom stereocenters. The molecule has 1 aromatic heterocycles. The van der Waals surface area contributed by atoms with Crippen molar-refractivity contribution in [3.8, 4) is 11.6 Å². The van der Waals surface area contributed by atoms with Gasteiger partial charge in [-0.2, -0.15) is 13.2 Å². The highest BCUT2D eigenvalue weighted by atomic mass is 19.4. The van der Waals surface area contributed by atoms with Crippen LogP contribution in [0, 0.1) is 17.7 Å². The molecule has 43 heavy (non-hydrogen) atoms. The van der Waals surface area contributed by atoms with Gasteiger partial charge in [0.05, 0.1) is 30.5 Å². The average molecular weight is 611 g/mol. The molecule has 2 fully saturated rings. The molecule has 1 aromatic carbocycles. The van der Waals surface area contributed by atoms with Crippen molar-refractivity contribution in [2.75, 3.05) is 32.3 Å². The van der Waals surface area contributed by atoms with E-state index in [1.165, 1.54) is 25.3 Å². The van der Waals surface area contributed by atoms with Gasteiger partial charge in [-0.1, -0.05) is 13.8 Å². The Balaban J connectivity index is 1.77. The zero-order chi connectivity index (χ0) is 31.5. The smallest absolute Gasteiger partial charge is 0.421 e. The third-order valence-corrected chi connectivity index (χ3v) is 8.73. The van der Waals surface area contributed by atoms with Crippen molar-refractivity contribution in [1.29, 1.82) is 0 Å². The van der Waals surface area contributed by atoms with E-state index >= 15 is 4.39 Å². The molecule has 0 spiro atoms. The molecule has 8 nitrogen and oxygen atoms in total. The summed E-state index contributed by atoms with van der Waals surface area (Å²) in [4.78, 5) is 31.4. The number of carboxylic acid groups (broad SMARTS) is 1. The molecular formula is C31H38F4N2O6. The van der Waals surface area contributed by atoms with Gasteiger partial charge in [0.15, 0.2) is 11.6 Å². The van der Waals surface area contributed by atoms with Gasteiger partial charge in [0.1, 0.15) is 5.56 Å². The monoisotopic (exact) mass is 610 g/mol. The maximum atomic E-state index is 15.7. The van der Waals surface area contributed by atoms with Gasteiger partial charge < -0.3 is 24.2 Å². The SMILES string of the molecule is CCC1(c2cnc(Oc3cc(C(=O)O)c(N(C(=O)C4CCC(C)CC4)C(COC)COC)cc3F)c(C(F)(F)F)c2)CC1. The summed E-state index contributed by atoms with van der Waals surface area (Å²) in [5.41, 5.74) is -1.93. The van der Waals surface area contributed by atoms with E-state index in [4.69, 9.17) is 14.2 Å². The molecule has 1 amide bonds. The van der Waals surface area contributed by atoms with E-state index in [1.54, 1.807) is 0 Å². The molecule has 0 radical (unpaired) electrons. The minimum absolute atomic E-state index is 0.0356. The van der Waals surface area contributed by atoms with E-state index in [0.29, 0.717) is 30.7 Å². The summed E-state index contributed by atoms with van der Waals surface area (Å²) in [6.07, 6.45) is 1.33. The number of anilines is 1. The van der Waals surface area contributed by atoms with Crippen LogP contribution in [0.1, 0.15) is 80.3 Å². The normalized spacial score (nSPS) is 19.7. The number of ether oxygens (including phenoxy) is 3. The summed E-state index contributed by atoms with van der Waals surface area (Å²) in [6, 6.07) is 1.76. The number of carbonyl (C=O) groups is 2. The summed E-state index contributed by atoms with van der Waals surface area (Å²) in [7, 11) is 2.82. The third-order valence-electron chi connectivity index (χ3n) is 8.73. The van der Waals surface area contributed by atoms with Gasteiger partial charge in [-0.15, -0.1) is 0 Å². The molecule has 2 aliphatic carbocycles. The Morgan fingerprint density at radius 1 is 1.09 bits per heavy atom. The number of nitrogens with zero attached hydrogens (tertiary/aromatic N) is 2. The summed E-state index contributed by atoms with van der Waals surface area (Å²) in [6.45, 7) is 3.91. The first-order valence-corrected chi connectivity index (χ1v) is 14.5. The quantitative estimate of drug-likeness (QED) is 0.259. The molecular weight excluding hydrogens is 572 g/mol. The lowest BCUT2D eigenvalue weighted by Crippen LogP contribution is -2.49. The molecule has 2 aromatic rings. The molecule has 2 saturated carbocycles. The molecule has 1 N–H and O–H groups in total. The second-order valence-electron chi connectivity index (χ2n) is 11.6. The van der Waals surface area contributed by atoms with Gasteiger partial charge in [0, 0.05) is 38.5 Å². The Kier molecular flexibility index (Phi) is 10.0. The topological polar surface area (TPSA) is 98.2 Å². The zero-order valence-electron chi connectivity index (χ0n) is 24.8. The van der Waals surface area contributed by atoms with Gasteiger partial charge >= 0.3 is 12.1 Å². The lowest BCUT2D eigenvalue weighted by Gasteiger charge is -2.36. The number of pyridine rings is 1. The number of benzene rings is 1. The molecule has 0 aliphatic heterocycles.